The summed E-state index contributed by atoms with van der Waals surface area (Å²) < 4.78 is 0. The molecule has 3 atom stereocenters. The van der Waals surface area contributed by atoms with Crippen LogP contribution in [0.1, 0.15) is 65.7 Å². The second-order valence-electron chi connectivity index (χ2n) is 5.15. The summed E-state index contributed by atoms with van der Waals surface area (Å²) in [6.45, 7) is 7.16. The molecule has 0 aromatic heterocycles. The predicted octanol–water partition coefficient (Wildman–Crippen LogP) is 4.64. The van der Waals surface area contributed by atoms with Gasteiger partial charge in [-0.3, -0.25) is 0 Å². The largest absolute Gasteiger partial charge is 0.0654 e. The number of hydrogen-bond donors (Lipinski definition) is 0. The zero-order valence-corrected chi connectivity index (χ0v) is 9.68. The molecule has 0 nitrogen and oxygen atoms in total. The summed E-state index contributed by atoms with van der Waals surface area (Å²) in [5.41, 5.74) is 0. The predicted molar refractivity (Wildman–Crippen MR) is 59.8 cm³/mol. The lowest BCUT2D eigenvalue weighted by Gasteiger charge is -2.35. The molecule has 1 fully saturated rings. The fraction of sp³-hybridized carbons (Fsp3) is 1.00. The Morgan fingerprint density at radius 3 is 2.46 bits per heavy atom. The van der Waals surface area contributed by atoms with Gasteiger partial charge in [0.2, 0.25) is 0 Å². The van der Waals surface area contributed by atoms with Crippen molar-refractivity contribution < 1.29 is 0 Å². The van der Waals surface area contributed by atoms with Crippen LogP contribution in [0.3, 0.4) is 0 Å². The van der Waals surface area contributed by atoms with E-state index in [9.17, 15) is 0 Å². The van der Waals surface area contributed by atoms with Gasteiger partial charge in [-0.2, -0.15) is 0 Å². The monoisotopic (exact) mass is 182 g/mol. The summed E-state index contributed by atoms with van der Waals surface area (Å²) in [6, 6.07) is 0. The first-order valence-electron chi connectivity index (χ1n) is 6.24. The smallest absolute Gasteiger partial charge is 0.0386 e. The molecule has 0 bridgehead atoms. The number of rotatable bonds is 6. The lowest BCUT2D eigenvalue weighted by Crippen LogP contribution is -2.24. The SMILES string of the molecule is CCCCCC(C)CC1CCC1C. The molecule has 1 rings (SSSR count). The molecule has 0 heteroatoms. The van der Waals surface area contributed by atoms with E-state index in [1.54, 1.807) is 0 Å². The maximum atomic E-state index is 2.45. The minimum absolute atomic E-state index is 0.985. The molecule has 0 amide bonds. The fourth-order valence-corrected chi connectivity index (χ4v) is 2.46. The van der Waals surface area contributed by atoms with Crippen molar-refractivity contribution in [3.63, 3.8) is 0 Å². The van der Waals surface area contributed by atoms with Crippen LogP contribution in [0.2, 0.25) is 0 Å². The summed E-state index contributed by atoms with van der Waals surface area (Å²) in [5.74, 6) is 3.10. The highest BCUT2D eigenvalue weighted by atomic mass is 14.3. The van der Waals surface area contributed by atoms with E-state index in [0.717, 1.165) is 17.8 Å². The third-order valence-electron chi connectivity index (χ3n) is 3.80. The Hall–Kier alpha value is 0. The number of hydrogen-bond acceptors (Lipinski definition) is 0. The van der Waals surface area contributed by atoms with Crippen LogP contribution < -0.4 is 0 Å². The molecule has 0 N–H and O–H groups in total. The molecule has 0 radical (unpaired) electrons. The Labute approximate surface area is 84.1 Å². The van der Waals surface area contributed by atoms with Gasteiger partial charge >= 0.3 is 0 Å². The van der Waals surface area contributed by atoms with Crippen molar-refractivity contribution in [1.29, 1.82) is 0 Å². The van der Waals surface area contributed by atoms with Gasteiger partial charge < -0.3 is 0 Å². The van der Waals surface area contributed by atoms with Gasteiger partial charge in [0.15, 0.2) is 0 Å². The Balaban J connectivity index is 2.00. The van der Waals surface area contributed by atoms with Gasteiger partial charge in [-0.1, -0.05) is 52.9 Å². The van der Waals surface area contributed by atoms with Crippen molar-refractivity contribution in [3.05, 3.63) is 0 Å². The van der Waals surface area contributed by atoms with Crippen molar-refractivity contribution in [2.45, 2.75) is 65.7 Å². The summed E-state index contributed by atoms with van der Waals surface area (Å²) in [6.07, 6.45) is 10.2. The highest BCUT2D eigenvalue weighted by Gasteiger charge is 2.27. The van der Waals surface area contributed by atoms with Crippen LogP contribution in [0, 0.1) is 17.8 Å². The molecule has 78 valence electrons. The van der Waals surface area contributed by atoms with Gasteiger partial charge in [-0.15, -0.1) is 0 Å². The van der Waals surface area contributed by atoms with Crippen molar-refractivity contribution in [2.75, 3.05) is 0 Å². The third-order valence-corrected chi connectivity index (χ3v) is 3.80. The molecule has 0 spiro atoms. The first kappa shape index (κ1) is 11.1. The van der Waals surface area contributed by atoms with Gasteiger partial charge in [0.25, 0.3) is 0 Å². The van der Waals surface area contributed by atoms with Crippen LogP contribution in [-0.4, -0.2) is 0 Å². The van der Waals surface area contributed by atoms with Crippen LogP contribution in [0.5, 0.6) is 0 Å². The maximum Gasteiger partial charge on any atom is -0.0386 e. The van der Waals surface area contributed by atoms with Crippen LogP contribution >= 0.6 is 0 Å². The molecule has 1 aliphatic carbocycles. The van der Waals surface area contributed by atoms with Crippen molar-refractivity contribution in [2.24, 2.45) is 17.8 Å². The molecular formula is C13H26. The van der Waals surface area contributed by atoms with E-state index < -0.39 is 0 Å². The minimum Gasteiger partial charge on any atom is -0.0654 e. The highest BCUT2D eigenvalue weighted by molar-refractivity contribution is 4.78. The fourth-order valence-electron chi connectivity index (χ4n) is 2.46. The molecule has 3 unspecified atom stereocenters. The summed E-state index contributed by atoms with van der Waals surface area (Å²) >= 11 is 0. The van der Waals surface area contributed by atoms with Crippen molar-refractivity contribution in [1.82, 2.24) is 0 Å². The van der Waals surface area contributed by atoms with Gasteiger partial charge in [-0.05, 0) is 30.6 Å². The lowest BCUT2D eigenvalue weighted by molar-refractivity contribution is 0.157. The van der Waals surface area contributed by atoms with Gasteiger partial charge in [0.1, 0.15) is 0 Å². The van der Waals surface area contributed by atoms with E-state index in [1.165, 1.54) is 44.9 Å². The molecular weight excluding hydrogens is 156 g/mol. The zero-order valence-electron chi connectivity index (χ0n) is 9.68. The second kappa shape index (κ2) is 5.67. The summed E-state index contributed by atoms with van der Waals surface area (Å²) in [5, 5.41) is 0. The van der Waals surface area contributed by atoms with Crippen LogP contribution in [-0.2, 0) is 0 Å². The summed E-state index contributed by atoms with van der Waals surface area (Å²) in [7, 11) is 0. The molecule has 13 heavy (non-hydrogen) atoms. The van der Waals surface area contributed by atoms with Crippen molar-refractivity contribution in [3.8, 4) is 0 Å². The molecule has 1 saturated carbocycles. The molecule has 1 aliphatic rings. The second-order valence-corrected chi connectivity index (χ2v) is 5.15. The van der Waals surface area contributed by atoms with Crippen molar-refractivity contribution >= 4 is 0 Å². The van der Waals surface area contributed by atoms with Crippen LogP contribution in [0.4, 0.5) is 0 Å². The van der Waals surface area contributed by atoms with Gasteiger partial charge in [0, 0.05) is 0 Å². The maximum absolute atomic E-state index is 2.45. The van der Waals surface area contributed by atoms with E-state index in [1.807, 2.05) is 0 Å². The zero-order chi connectivity index (χ0) is 9.68. The van der Waals surface area contributed by atoms with E-state index >= 15 is 0 Å². The summed E-state index contributed by atoms with van der Waals surface area (Å²) in [4.78, 5) is 0. The van der Waals surface area contributed by atoms with E-state index in [4.69, 9.17) is 0 Å². The molecule has 0 heterocycles. The van der Waals surface area contributed by atoms with Gasteiger partial charge in [-0.25, -0.2) is 0 Å². The molecule has 0 aromatic carbocycles. The Bertz CT molecular complexity index is 128. The van der Waals surface area contributed by atoms with Gasteiger partial charge in [0.05, 0.1) is 0 Å². The van der Waals surface area contributed by atoms with E-state index in [-0.39, 0.29) is 0 Å². The van der Waals surface area contributed by atoms with E-state index in [0.29, 0.717) is 0 Å². The quantitative estimate of drug-likeness (QED) is 0.525. The van der Waals surface area contributed by atoms with Crippen LogP contribution in [0.25, 0.3) is 0 Å². The Morgan fingerprint density at radius 2 is 2.00 bits per heavy atom. The topological polar surface area (TPSA) is 0 Å². The normalized spacial score (nSPS) is 29.8. The van der Waals surface area contributed by atoms with Crippen LogP contribution in [0.15, 0.2) is 0 Å². The Morgan fingerprint density at radius 1 is 1.23 bits per heavy atom. The number of unbranched alkanes of at least 4 members (excludes halogenated alkanes) is 2. The first-order chi connectivity index (χ1) is 6.24. The highest BCUT2D eigenvalue weighted by Crippen LogP contribution is 2.38. The Kier molecular flexibility index (Phi) is 4.83. The molecule has 0 aliphatic heterocycles. The molecule has 0 aromatic rings. The molecule has 0 saturated heterocycles. The first-order valence-corrected chi connectivity index (χ1v) is 6.24. The lowest BCUT2D eigenvalue weighted by atomic mass is 9.70. The van der Waals surface area contributed by atoms with E-state index in [2.05, 4.69) is 20.8 Å². The standard InChI is InChI=1S/C13H26/c1-4-5-6-7-11(2)10-13-9-8-12(13)3/h11-13H,4-10H2,1-3H3. The minimum atomic E-state index is 0.985. The average molecular weight is 182 g/mol. The third kappa shape index (κ3) is 3.70. The average Bonchev–Trinajstić information content (AvgIpc) is 2.12.